The Morgan fingerprint density at radius 2 is 1.96 bits per heavy atom. The molecule has 0 radical (unpaired) electrons. The predicted octanol–water partition coefficient (Wildman–Crippen LogP) is 1.93. The van der Waals surface area contributed by atoms with Crippen LogP contribution in [-0.4, -0.2) is 54.7 Å². The van der Waals surface area contributed by atoms with E-state index >= 15 is 0 Å². The fraction of sp³-hybridized carbons (Fsp3) is 0.600. The second-order valence-corrected chi connectivity index (χ2v) is 5.72. The van der Waals surface area contributed by atoms with Crippen LogP contribution in [0.4, 0.5) is 19.0 Å². The first kappa shape index (κ1) is 16.0. The Hall–Kier alpha value is -1.83. The highest BCUT2D eigenvalue weighted by atomic mass is 19.4. The van der Waals surface area contributed by atoms with Crippen LogP contribution >= 0.6 is 0 Å². The van der Waals surface area contributed by atoms with E-state index in [2.05, 4.69) is 4.98 Å². The molecular formula is C15H18F3N3O2. The van der Waals surface area contributed by atoms with Gasteiger partial charge < -0.3 is 14.5 Å². The fourth-order valence-corrected chi connectivity index (χ4v) is 2.87. The summed E-state index contributed by atoms with van der Waals surface area (Å²) in [4.78, 5) is 19.8. The molecule has 0 saturated carbocycles. The summed E-state index contributed by atoms with van der Waals surface area (Å²) in [5.41, 5.74) is -0.756. The van der Waals surface area contributed by atoms with E-state index in [9.17, 15) is 18.0 Å². The number of rotatable bonds is 2. The summed E-state index contributed by atoms with van der Waals surface area (Å²) in [7, 11) is 0. The zero-order chi connectivity index (χ0) is 16.4. The number of hydrogen-bond donors (Lipinski definition) is 0. The number of ether oxygens (including phenoxy) is 1. The van der Waals surface area contributed by atoms with E-state index in [1.54, 1.807) is 4.90 Å². The number of alkyl halides is 3. The number of carbonyl (C=O) groups is 1. The van der Waals surface area contributed by atoms with Gasteiger partial charge in [0.2, 0.25) is 0 Å². The van der Waals surface area contributed by atoms with Crippen molar-refractivity contribution in [1.82, 2.24) is 9.88 Å². The standard InChI is InChI=1S/C15H18F3N3O2/c16-15(17,18)11-3-4-13(19-10-11)20-5-7-21(8-6-20)14(22)12-2-1-9-23-12/h3-4,10,12H,1-2,5-9H2. The minimum Gasteiger partial charge on any atom is -0.368 e. The number of nitrogens with zero attached hydrogens (tertiary/aromatic N) is 3. The number of hydrogen-bond acceptors (Lipinski definition) is 4. The highest BCUT2D eigenvalue weighted by molar-refractivity contribution is 5.81. The Morgan fingerprint density at radius 1 is 1.22 bits per heavy atom. The first-order valence-corrected chi connectivity index (χ1v) is 7.64. The second-order valence-electron chi connectivity index (χ2n) is 5.72. The molecule has 1 aromatic rings. The summed E-state index contributed by atoms with van der Waals surface area (Å²) >= 11 is 0. The topological polar surface area (TPSA) is 45.7 Å². The molecule has 5 nitrogen and oxygen atoms in total. The summed E-state index contributed by atoms with van der Waals surface area (Å²) in [6.45, 7) is 2.79. The summed E-state index contributed by atoms with van der Waals surface area (Å²) in [6, 6.07) is 2.41. The van der Waals surface area contributed by atoms with Gasteiger partial charge in [0.05, 0.1) is 5.56 Å². The molecule has 2 saturated heterocycles. The number of anilines is 1. The van der Waals surface area contributed by atoms with Crippen molar-refractivity contribution in [2.75, 3.05) is 37.7 Å². The molecule has 0 spiro atoms. The number of aromatic nitrogens is 1. The summed E-state index contributed by atoms with van der Waals surface area (Å²) in [5.74, 6) is 0.518. The van der Waals surface area contributed by atoms with Gasteiger partial charge in [0.1, 0.15) is 11.9 Å². The molecule has 8 heteroatoms. The van der Waals surface area contributed by atoms with E-state index in [-0.39, 0.29) is 12.0 Å². The average molecular weight is 329 g/mol. The molecule has 0 aromatic carbocycles. The fourth-order valence-electron chi connectivity index (χ4n) is 2.87. The van der Waals surface area contributed by atoms with Crippen LogP contribution < -0.4 is 4.90 Å². The highest BCUT2D eigenvalue weighted by Gasteiger charge is 2.32. The van der Waals surface area contributed by atoms with E-state index in [0.717, 1.165) is 25.1 Å². The number of pyridine rings is 1. The molecule has 2 aliphatic heterocycles. The van der Waals surface area contributed by atoms with E-state index in [1.807, 2.05) is 4.90 Å². The lowest BCUT2D eigenvalue weighted by Gasteiger charge is -2.36. The van der Waals surface area contributed by atoms with Crippen molar-refractivity contribution in [3.8, 4) is 0 Å². The van der Waals surface area contributed by atoms with Crippen LogP contribution in [0.3, 0.4) is 0 Å². The second kappa shape index (κ2) is 6.35. The van der Waals surface area contributed by atoms with Crippen molar-refractivity contribution < 1.29 is 22.7 Å². The summed E-state index contributed by atoms with van der Waals surface area (Å²) in [5, 5.41) is 0. The van der Waals surface area contributed by atoms with Gasteiger partial charge in [-0.05, 0) is 25.0 Å². The average Bonchev–Trinajstić information content (AvgIpc) is 3.08. The molecular weight excluding hydrogens is 311 g/mol. The number of amides is 1. The first-order chi connectivity index (χ1) is 10.9. The van der Waals surface area contributed by atoms with Gasteiger partial charge in [-0.2, -0.15) is 13.2 Å². The maximum absolute atomic E-state index is 12.5. The zero-order valence-corrected chi connectivity index (χ0v) is 12.6. The van der Waals surface area contributed by atoms with Gasteiger partial charge in [-0.15, -0.1) is 0 Å². The minimum absolute atomic E-state index is 0.0162. The maximum Gasteiger partial charge on any atom is 0.417 e. The third kappa shape index (κ3) is 3.57. The minimum atomic E-state index is -4.38. The Bertz CT molecular complexity index is 548. The van der Waals surface area contributed by atoms with Crippen LogP contribution in [-0.2, 0) is 15.7 Å². The van der Waals surface area contributed by atoms with Crippen molar-refractivity contribution in [3.63, 3.8) is 0 Å². The lowest BCUT2D eigenvalue weighted by atomic mass is 10.2. The Morgan fingerprint density at radius 3 is 2.48 bits per heavy atom. The molecule has 2 fully saturated rings. The molecule has 0 N–H and O–H groups in total. The lowest BCUT2D eigenvalue weighted by molar-refractivity contribution is -0.141. The van der Waals surface area contributed by atoms with Gasteiger partial charge in [0, 0.05) is 39.0 Å². The van der Waals surface area contributed by atoms with E-state index in [0.29, 0.717) is 38.6 Å². The third-order valence-electron chi connectivity index (χ3n) is 4.20. The van der Waals surface area contributed by atoms with Crippen molar-refractivity contribution in [2.45, 2.75) is 25.1 Å². The van der Waals surface area contributed by atoms with Gasteiger partial charge in [0.25, 0.3) is 5.91 Å². The van der Waals surface area contributed by atoms with Crippen LogP contribution in [0.15, 0.2) is 18.3 Å². The van der Waals surface area contributed by atoms with Gasteiger partial charge in [-0.3, -0.25) is 4.79 Å². The summed E-state index contributed by atoms with van der Waals surface area (Å²) < 4.78 is 43.0. The largest absolute Gasteiger partial charge is 0.417 e. The van der Waals surface area contributed by atoms with Gasteiger partial charge in [-0.1, -0.05) is 0 Å². The van der Waals surface area contributed by atoms with Crippen molar-refractivity contribution in [2.24, 2.45) is 0 Å². The molecule has 3 rings (SSSR count). The van der Waals surface area contributed by atoms with Gasteiger partial charge in [-0.25, -0.2) is 4.98 Å². The molecule has 126 valence electrons. The highest BCUT2D eigenvalue weighted by Crippen LogP contribution is 2.29. The lowest BCUT2D eigenvalue weighted by Crippen LogP contribution is -2.51. The van der Waals surface area contributed by atoms with E-state index in [4.69, 9.17) is 4.74 Å². The Balaban J connectivity index is 1.57. The zero-order valence-electron chi connectivity index (χ0n) is 12.6. The monoisotopic (exact) mass is 329 g/mol. The smallest absolute Gasteiger partial charge is 0.368 e. The molecule has 1 amide bonds. The van der Waals surface area contributed by atoms with Crippen LogP contribution in [0.1, 0.15) is 18.4 Å². The van der Waals surface area contributed by atoms with E-state index in [1.165, 1.54) is 6.07 Å². The van der Waals surface area contributed by atoms with Crippen molar-refractivity contribution >= 4 is 11.7 Å². The third-order valence-corrected chi connectivity index (χ3v) is 4.20. The van der Waals surface area contributed by atoms with Crippen LogP contribution in [0, 0.1) is 0 Å². The van der Waals surface area contributed by atoms with Gasteiger partial charge >= 0.3 is 6.18 Å². The van der Waals surface area contributed by atoms with Gasteiger partial charge in [0.15, 0.2) is 0 Å². The van der Waals surface area contributed by atoms with Crippen LogP contribution in [0.25, 0.3) is 0 Å². The van der Waals surface area contributed by atoms with Crippen LogP contribution in [0.5, 0.6) is 0 Å². The van der Waals surface area contributed by atoms with E-state index < -0.39 is 11.7 Å². The summed E-state index contributed by atoms with van der Waals surface area (Å²) in [6.07, 6.45) is -2.19. The molecule has 2 aliphatic rings. The molecule has 3 heterocycles. The Labute approximate surface area is 132 Å². The first-order valence-electron chi connectivity index (χ1n) is 7.64. The molecule has 0 aliphatic carbocycles. The van der Waals surface area contributed by atoms with Crippen molar-refractivity contribution in [1.29, 1.82) is 0 Å². The predicted molar refractivity (Wildman–Crippen MR) is 77.0 cm³/mol. The number of halogens is 3. The molecule has 1 atom stereocenters. The maximum atomic E-state index is 12.5. The van der Waals surface area contributed by atoms with Crippen LogP contribution in [0.2, 0.25) is 0 Å². The quantitative estimate of drug-likeness (QED) is 0.832. The number of piperazine rings is 1. The normalized spacial score (nSPS) is 22.5. The molecule has 1 unspecified atom stereocenters. The molecule has 23 heavy (non-hydrogen) atoms. The van der Waals surface area contributed by atoms with Crippen molar-refractivity contribution in [3.05, 3.63) is 23.9 Å². The SMILES string of the molecule is O=C(C1CCCO1)N1CCN(c2ccc(C(F)(F)F)cn2)CC1. The Kier molecular flexibility index (Phi) is 4.43. The molecule has 1 aromatic heterocycles. The molecule has 0 bridgehead atoms. The number of carbonyl (C=O) groups excluding carboxylic acids is 1.